The molecule has 0 spiro atoms. The lowest BCUT2D eigenvalue weighted by Gasteiger charge is -2.31. The molecule has 1 fully saturated rings. The SMILES string of the molecule is Cc1nc([C@@H]2CCCN(C(=O)c3cnc(Cc4ccc(F)cc4)s3)C2)n[nH]1. The summed E-state index contributed by atoms with van der Waals surface area (Å²) in [6, 6.07) is 6.36. The predicted octanol–water partition coefficient (Wildman–Crippen LogP) is 3.32. The van der Waals surface area contributed by atoms with E-state index in [4.69, 9.17) is 0 Å². The van der Waals surface area contributed by atoms with Gasteiger partial charge in [-0.05, 0) is 37.5 Å². The number of piperidine rings is 1. The van der Waals surface area contributed by atoms with Crippen LogP contribution in [0.15, 0.2) is 30.5 Å². The molecule has 0 bridgehead atoms. The van der Waals surface area contributed by atoms with Crippen molar-refractivity contribution in [2.45, 2.75) is 32.1 Å². The second-order valence-electron chi connectivity index (χ2n) is 6.79. The van der Waals surface area contributed by atoms with Crippen molar-refractivity contribution in [1.82, 2.24) is 25.1 Å². The Hall–Kier alpha value is -2.61. The first-order valence-electron chi connectivity index (χ1n) is 8.96. The minimum atomic E-state index is -0.255. The quantitative estimate of drug-likeness (QED) is 0.748. The van der Waals surface area contributed by atoms with Gasteiger partial charge in [-0.3, -0.25) is 9.89 Å². The summed E-state index contributed by atoms with van der Waals surface area (Å²) in [5.41, 5.74) is 0.975. The second-order valence-corrected chi connectivity index (χ2v) is 7.91. The molecular weight excluding hydrogens is 365 g/mol. The zero-order valence-corrected chi connectivity index (χ0v) is 15.8. The van der Waals surface area contributed by atoms with Crippen molar-refractivity contribution < 1.29 is 9.18 Å². The Bertz CT molecular complexity index is 936. The van der Waals surface area contributed by atoms with Gasteiger partial charge in [-0.25, -0.2) is 14.4 Å². The number of aromatic amines is 1. The first-order valence-corrected chi connectivity index (χ1v) is 9.77. The van der Waals surface area contributed by atoms with Crippen molar-refractivity contribution in [1.29, 1.82) is 0 Å². The summed E-state index contributed by atoms with van der Waals surface area (Å²) < 4.78 is 13.0. The summed E-state index contributed by atoms with van der Waals surface area (Å²) in [7, 11) is 0. The van der Waals surface area contributed by atoms with E-state index in [1.54, 1.807) is 18.3 Å². The summed E-state index contributed by atoms with van der Waals surface area (Å²) in [4.78, 5) is 24.2. The molecule has 140 valence electrons. The van der Waals surface area contributed by atoms with Gasteiger partial charge in [-0.1, -0.05) is 12.1 Å². The van der Waals surface area contributed by atoms with Crippen molar-refractivity contribution in [2.24, 2.45) is 0 Å². The first kappa shape index (κ1) is 17.8. The van der Waals surface area contributed by atoms with Gasteiger partial charge < -0.3 is 4.90 Å². The predicted molar refractivity (Wildman–Crippen MR) is 100 cm³/mol. The highest BCUT2D eigenvalue weighted by atomic mass is 32.1. The number of rotatable bonds is 4. The number of aromatic nitrogens is 4. The summed E-state index contributed by atoms with van der Waals surface area (Å²) in [5.74, 6) is 1.50. The number of H-pyrrole nitrogens is 1. The number of hydrogen-bond acceptors (Lipinski definition) is 5. The number of carbonyl (C=O) groups is 1. The van der Waals surface area contributed by atoms with Gasteiger partial charge >= 0.3 is 0 Å². The maximum absolute atomic E-state index is 13.0. The van der Waals surface area contributed by atoms with E-state index in [0.29, 0.717) is 17.8 Å². The molecule has 8 heteroatoms. The standard InChI is InChI=1S/C19H20FN5OS/c1-12-22-18(24-23-12)14-3-2-8-25(11-14)19(26)16-10-21-17(27-16)9-13-4-6-15(20)7-5-13/h4-7,10,14H,2-3,8-9,11H2,1H3,(H,22,23,24)/t14-/m1/s1. The highest BCUT2D eigenvalue weighted by molar-refractivity contribution is 7.13. The van der Waals surface area contributed by atoms with E-state index >= 15 is 0 Å². The molecule has 1 atom stereocenters. The maximum atomic E-state index is 13.0. The third-order valence-electron chi connectivity index (χ3n) is 4.72. The molecule has 0 unspecified atom stereocenters. The molecule has 2 aromatic heterocycles. The molecule has 1 aliphatic rings. The van der Waals surface area contributed by atoms with Crippen LogP contribution in [0.2, 0.25) is 0 Å². The van der Waals surface area contributed by atoms with Crippen LogP contribution < -0.4 is 0 Å². The van der Waals surface area contributed by atoms with Gasteiger partial charge in [0.05, 0.1) is 11.2 Å². The summed E-state index contributed by atoms with van der Waals surface area (Å²) in [5, 5.41) is 7.98. The van der Waals surface area contributed by atoms with Crippen LogP contribution in [-0.4, -0.2) is 44.1 Å². The normalized spacial score (nSPS) is 17.3. The van der Waals surface area contributed by atoms with Crippen molar-refractivity contribution >= 4 is 17.2 Å². The number of halogens is 1. The first-order chi connectivity index (χ1) is 13.1. The van der Waals surface area contributed by atoms with Gasteiger partial charge in [0, 0.05) is 25.4 Å². The molecule has 1 N–H and O–H groups in total. The minimum absolute atomic E-state index is 0.00909. The van der Waals surface area contributed by atoms with Crippen LogP contribution in [0.25, 0.3) is 0 Å². The number of carbonyl (C=O) groups excluding carboxylic acids is 1. The number of nitrogens with one attached hydrogen (secondary N) is 1. The van der Waals surface area contributed by atoms with Gasteiger partial charge in [0.25, 0.3) is 5.91 Å². The average molecular weight is 385 g/mol. The van der Waals surface area contributed by atoms with Crippen LogP contribution in [-0.2, 0) is 6.42 Å². The maximum Gasteiger partial charge on any atom is 0.265 e. The number of aryl methyl sites for hydroxylation is 1. The molecule has 27 heavy (non-hydrogen) atoms. The molecule has 6 nitrogen and oxygen atoms in total. The highest BCUT2D eigenvalue weighted by Gasteiger charge is 2.28. The molecule has 0 radical (unpaired) electrons. The van der Waals surface area contributed by atoms with Gasteiger partial charge in [-0.2, -0.15) is 5.10 Å². The number of thiazole rings is 1. The van der Waals surface area contributed by atoms with Gasteiger partial charge in [-0.15, -0.1) is 11.3 Å². The molecule has 1 amide bonds. The average Bonchev–Trinajstić information content (AvgIpc) is 3.32. The lowest BCUT2D eigenvalue weighted by molar-refractivity contribution is 0.0709. The van der Waals surface area contributed by atoms with Crippen LogP contribution in [0.5, 0.6) is 0 Å². The van der Waals surface area contributed by atoms with Crippen LogP contribution in [0.4, 0.5) is 4.39 Å². The number of nitrogens with zero attached hydrogens (tertiary/aromatic N) is 4. The highest BCUT2D eigenvalue weighted by Crippen LogP contribution is 2.27. The summed E-state index contributed by atoms with van der Waals surface area (Å²) >= 11 is 1.40. The van der Waals surface area contributed by atoms with E-state index in [2.05, 4.69) is 20.2 Å². The van der Waals surface area contributed by atoms with E-state index in [-0.39, 0.29) is 17.6 Å². The topological polar surface area (TPSA) is 74.8 Å². The van der Waals surface area contributed by atoms with Gasteiger partial charge in [0.1, 0.15) is 16.5 Å². The van der Waals surface area contributed by atoms with Crippen molar-refractivity contribution in [2.75, 3.05) is 13.1 Å². The molecular formula is C19H20FN5OS. The fourth-order valence-corrected chi connectivity index (χ4v) is 4.26. The Balaban J connectivity index is 1.43. The summed E-state index contributed by atoms with van der Waals surface area (Å²) in [6.07, 6.45) is 4.16. The minimum Gasteiger partial charge on any atom is -0.337 e. The smallest absolute Gasteiger partial charge is 0.265 e. The van der Waals surface area contributed by atoms with Crippen molar-refractivity contribution in [3.05, 3.63) is 63.4 Å². The monoisotopic (exact) mass is 385 g/mol. The van der Waals surface area contributed by atoms with Crippen LogP contribution >= 0.6 is 11.3 Å². The zero-order valence-electron chi connectivity index (χ0n) is 15.0. The third-order valence-corrected chi connectivity index (χ3v) is 5.71. The van der Waals surface area contributed by atoms with Crippen LogP contribution in [0.3, 0.4) is 0 Å². The molecule has 1 saturated heterocycles. The van der Waals surface area contributed by atoms with E-state index in [0.717, 1.165) is 41.6 Å². The fraction of sp³-hybridized carbons (Fsp3) is 0.368. The third kappa shape index (κ3) is 4.05. The molecule has 3 heterocycles. The Morgan fingerprint density at radius 3 is 2.93 bits per heavy atom. The number of hydrogen-bond donors (Lipinski definition) is 1. The Morgan fingerprint density at radius 1 is 1.37 bits per heavy atom. The largest absolute Gasteiger partial charge is 0.337 e. The van der Waals surface area contributed by atoms with Crippen molar-refractivity contribution in [3.63, 3.8) is 0 Å². The Kier molecular flexibility index (Phi) is 4.98. The summed E-state index contributed by atoms with van der Waals surface area (Å²) in [6.45, 7) is 3.24. The van der Waals surface area contributed by atoms with E-state index in [1.807, 2.05) is 11.8 Å². The fourth-order valence-electron chi connectivity index (χ4n) is 3.34. The Morgan fingerprint density at radius 2 is 2.19 bits per heavy atom. The van der Waals surface area contributed by atoms with Gasteiger partial charge in [0.15, 0.2) is 5.82 Å². The van der Waals surface area contributed by atoms with Crippen molar-refractivity contribution in [3.8, 4) is 0 Å². The number of likely N-dealkylation sites (tertiary alicyclic amines) is 1. The molecule has 1 aromatic carbocycles. The lowest BCUT2D eigenvalue weighted by atomic mass is 9.97. The zero-order chi connectivity index (χ0) is 18.8. The van der Waals surface area contributed by atoms with E-state index < -0.39 is 0 Å². The van der Waals surface area contributed by atoms with Crippen LogP contribution in [0, 0.1) is 12.7 Å². The molecule has 0 aliphatic carbocycles. The Labute approximate surface area is 160 Å². The van der Waals surface area contributed by atoms with Gasteiger partial charge in [0.2, 0.25) is 0 Å². The number of amides is 1. The second kappa shape index (κ2) is 7.56. The number of benzene rings is 1. The molecule has 4 rings (SSSR count). The lowest BCUT2D eigenvalue weighted by Crippen LogP contribution is -2.39. The molecule has 1 aliphatic heterocycles. The molecule has 3 aromatic rings. The van der Waals surface area contributed by atoms with E-state index in [9.17, 15) is 9.18 Å². The van der Waals surface area contributed by atoms with Crippen LogP contribution in [0.1, 0.15) is 50.7 Å². The van der Waals surface area contributed by atoms with E-state index in [1.165, 1.54) is 23.5 Å². The molecule has 0 saturated carbocycles.